The van der Waals surface area contributed by atoms with Crippen molar-refractivity contribution in [2.45, 2.75) is 4.87 Å². The Morgan fingerprint density at radius 1 is 1.75 bits per heavy atom. The second-order valence-corrected chi connectivity index (χ2v) is 3.88. The van der Waals surface area contributed by atoms with Crippen molar-refractivity contribution in [2.24, 2.45) is 5.73 Å². The second-order valence-electron chi connectivity index (χ2n) is 2.42. The number of hydrogen-bond acceptors (Lipinski definition) is 3. The van der Waals surface area contributed by atoms with E-state index < -0.39 is 0 Å². The predicted molar refractivity (Wildman–Crippen MR) is 35.8 cm³/mol. The van der Waals surface area contributed by atoms with Crippen LogP contribution in [0.25, 0.3) is 0 Å². The fraction of sp³-hybridized carbons (Fsp3) is 1.00. The van der Waals surface area contributed by atoms with Crippen molar-refractivity contribution in [3.63, 3.8) is 0 Å². The van der Waals surface area contributed by atoms with Crippen LogP contribution >= 0.6 is 11.8 Å². The van der Waals surface area contributed by atoms with Gasteiger partial charge in [0.1, 0.15) is 0 Å². The molecule has 2 rings (SSSR count). The molecule has 2 fully saturated rings. The van der Waals surface area contributed by atoms with Gasteiger partial charge in [0.25, 0.3) is 0 Å². The van der Waals surface area contributed by atoms with E-state index >= 15 is 0 Å². The first kappa shape index (κ1) is 5.09. The molecule has 0 radical (unpaired) electrons. The molecule has 2 heterocycles. The van der Waals surface area contributed by atoms with Crippen molar-refractivity contribution in [2.75, 3.05) is 25.4 Å². The summed E-state index contributed by atoms with van der Waals surface area (Å²) in [4.78, 5) is 2.87. The van der Waals surface area contributed by atoms with Crippen LogP contribution in [0.15, 0.2) is 0 Å². The summed E-state index contributed by atoms with van der Waals surface area (Å²) in [7, 11) is 0. The highest BCUT2D eigenvalue weighted by Crippen LogP contribution is 2.47. The average Bonchev–Trinajstić information content (AvgIpc) is 2.38. The van der Waals surface area contributed by atoms with Gasteiger partial charge in [-0.15, -0.1) is 11.8 Å². The molecule has 0 aromatic rings. The van der Waals surface area contributed by atoms with Gasteiger partial charge in [0.2, 0.25) is 0 Å². The normalized spacial score (nSPS) is 51.4. The van der Waals surface area contributed by atoms with Gasteiger partial charge in [-0.25, -0.2) is 0 Å². The zero-order chi connectivity index (χ0) is 5.61. The SMILES string of the molecule is NCC12CN1CCS2. The van der Waals surface area contributed by atoms with Crippen LogP contribution in [0.3, 0.4) is 0 Å². The maximum atomic E-state index is 5.55. The summed E-state index contributed by atoms with van der Waals surface area (Å²) in [6.07, 6.45) is 0. The molecule has 2 nitrogen and oxygen atoms in total. The van der Waals surface area contributed by atoms with E-state index in [4.69, 9.17) is 5.73 Å². The van der Waals surface area contributed by atoms with Gasteiger partial charge in [-0.3, -0.25) is 4.90 Å². The summed E-state index contributed by atoms with van der Waals surface area (Å²) in [5, 5.41) is 0. The van der Waals surface area contributed by atoms with E-state index in [1.807, 2.05) is 11.8 Å². The quantitative estimate of drug-likeness (QED) is 0.494. The molecule has 0 spiro atoms. The number of thioether (sulfide) groups is 1. The lowest BCUT2D eigenvalue weighted by atomic mass is 10.5. The van der Waals surface area contributed by atoms with E-state index in [1.54, 1.807) is 0 Å². The monoisotopic (exact) mass is 130 g/mol. The van der Waals surface area contributed by atoms with Gasteiger partial charge in [0.05, 0.1) is 4.87 Å². The molecule has 2 N–H and O–H groups in total. The summed E-state index contributed by atoms with van der Waals surface area (Å²) in [6, 6.07) is 0. The summed E-state index contributed by atoms with van der Waals surface area (Å²) in [5.41, 5.74) is 5.55. The molecule has 0 bridgehead atoms. The van der Waals surface area contributed by atoms with Gasteiger partial charge in [-0.1, -0.05) is 0 Å². The second kappa shape index (κ2) is 1.40. The highest BCUT2D eigenvalue weighted by molar-refractivity contribution is 8.01. The molecule has 46 valence electrons. The zero-order valence-corrected chi connectivity index (χ0v) is 5.58. The minimum absolute atomic E-state index is 0.431. The van der Waals surface area contributed by atoms with Crippen LogP contribution in [0, 0.1) is 0 Å². The van der Waals surface area contributed by atoms with Gasteiger partial charge in [-0.2, -0.15) is 0 Å². The van der Waals surface area contributed by atoms with Crippen molar-refractivity contribution in [1.82, 2.24) is 4.90 Å². The molecule has 0 aliphatic carbocycles. The third kappa shape index (κ3) is 0.469. The lowest BCUT2D eigenvalue weighted by Crippen LogP contribution is -2.20. The van der Waals surface area contributed by atoms with E-state index in [2.05, 4.69) is 4.90 Å². The van der Waals surface area contributed by atoms with Gasteiger partial charge in [0.15, 0.2) is 0 Å². The molecule has 2 aliphatic heterocycles. The topological polar surface area (TPSA) is 29.0 Å². The average molecular weight is 130 g/mol. The lowest BCUT2D eigenvalue weighted by molar-refractivity contribution is 0.542. The molecular weight excluding hydrogens is 120 g/mol. The largest absolute Gasteiger partial charge is 0.328 e. The van der Waals surface area contributed by atoms with Crippen LogP contribution in [0.5, 0.6) is 0 Å². The number of nitrogens with zero attached hydrogens (tertiary/aromatic N) is 1. The van der Waals surface area contributed by atoms with Crippen LogP contribution in [-0.4, -0.2) is 35.2 Å². The minimum Gasteiger partial charge on any atom is -0.328 e. The Morgan fingerprint density at radius 3 is 2.88 bits per heavy atom. The summed E-state index contributed by atoms with van der Waals surface area (Å²) in [5.74, 6) is 1.29. The first-order chi connectivity index (χ1) is 3.87. The van der Waals surface area contributed by atoms with Crippen molar-refractivity contribution >= 4 is 11.8 Å². The fourth-order valence-electron chi connectivity index (χ4n) is 1.28. The third-order valence-electron chi connectivity index (χ3n) is 1.96. The van der Waals surface area contributed by atoms with Crippen LogP contribution < -0.4 is 5.73 Å². The highest BCUT2D eigenvalue weighted by Gasteiger charge is 2.54. The molecule has 0 aromatic heterocycles. The summed E-state index contributed by atoms with van der Waals surface area (Å²) >= 11 is 2.02. The highest BCUT2D eigenvalue weighted by atomic mass is 32.2. The maximum Gasteiger partial charge on any atom is 0.0924 e. The molecular formula is C5H10N2S. The predicted octanol–water partition coefficient (Wildman–Crippen LogP) is -0.296. The first-order valence-electron chi connectivity index (χ1n) is 2.96. The van der Waals surface area contributed by atoms with Gasteiger partial charge in [-0.05, 0) is 0 Å². The molecule has 2 unspecified atom stereocenters. The zero-order valence-electron chi connectivity index (χ0n) is 4.76. The number of nitrogens with two attached hydrogens (primary N) is 1. The van der Waals surface area contributed by atoms with Crippen molar-refractivity contribution in [3.05, 3.63) is 0 Å². The van der Waals surface area contributed by atoms with Crippen LogP contribution in [0.1, 0.15) is 0 Å². The van der Waals surface area contributed by atoms with E-state index in [9.17, 15) is 0 Å². The van der Waals surface area contributed by atoms with E-state index in [0.29, 0.717) is 4.87 Å². The van der Waals surface area contributed by atoms with E-state index in [0.717, 1.165) is 6.54 Å². The molecule has 0 saturated carbocycles. The smallest absolute Gasteiger partial charge is 0.0924 e. The van der Waals surface area contributed by atoms with Gasteiger partial charge < -0.3 is 5.73 Å². The van der Waals surface area contributed by atoms with E-state index in [-0.39, 0.29) is 0 Å². The lowest BCUT2D eigenvalue weighted by Gasteiger charge is -2.02. The Balaban J connectivity index is 2.08. The fourth-order valence-corrected chi connectivity index (χ4v) is 2.61. The third-order valence-corrected chi connectivity index (χ3v) is 3.44. The Kier molecular flexibility index (Phi) is 0.892. The Bertz CT molecular complexity index is 113. The van der Waals surface area contributed by atoms with Crippen molar-refractivity contribution in [1.29, 1.82) is 0 Å². The molecule has 0 amide bonds. The summed E-state index contributed by atoms with van der Waals surface area (Å²) < 4.78 is 0. The molecule has 2 atom stereocenters. The van der Waals surface area contributed by atoms with Crippen LogP contribution in [-0.2, 0) is 0 Å². The first-order valence-corrected chi connectivity index (χ1v) is 3.95. The Morgan fingerprint density at radius 2 is 2.62 bits per heavy atom. The molecule has 2 aliphatic rings. The number of fused-ring (bicyclic) bond motifs is 1. The molecule has 3 heteroatoms. The van der Waals surface area contributed by atoms with Gasteiger partial charge >= 0.3 is 0 Å². The van der Waals surface area contributed by atoms with Crippen molar-refractivity contribution in [3.8, 4) is 0 Å². The minimum atomic E-state index is 0.431. The van der Waals surface area contributed by atoms with Crippen LogP contribution in [0.2, 0.25) is 0 Å². The Hall–Kier alpha value is 0.270. The standard InChI is InChI=1S/C5H10N2S/c6-3-5-4-7(5)1-2-8-5/h1-4,6H2. The molecule has 8 heavy (non-hydrogen) atoms. The number of rotatable bonds is 1. The maximum absolute atomic E-state index is 5.55. The number of hydrogen-bond donors (Lipinski definition) is 1. The van der Waals surface area contributed by atoms with Crippen LogP contribution in [0.4, 0.5) is 0 Å². The summed E-state index contributed by atoms with van der Waals surface area (Å²) in [6.45, 7) is 3.35. The molecule has 2 saturated heterocycles. The Labute approximate surface area is 53.4 Å². The van der Waals surface area contributed by atoms with Crippen molar-refractivity contribution < 1.29 is 0 Å². The van der Waals surface area contributed by atoms with Gasteiger partial charge in [0, 0.05) is 25.4 Å². The molecule has 0 aromatic carbocycles. The van der Waals surface area contributed by atoms with E-state index in [1.165, 1.54) is 18.8 Å².